The van der Waals surface area contributed by atoms with E-state index in [0.717, 1.165) is 32.4 Å². The van der Waals surface area contributed by atoms with Gasteiger partial charge < -0.3 is 5.32 Å². The number of aromatic nitrogens is 2. The number of hydrogen-bond acceptors (Lipinski definition) is 4. The van der Waals surface area contributed by atoms with Crippen molar-refractivity contribution in [1.82, 2.24) is 20.2 Å². The molecule has 6 nitrogen and oxygen atoms in total. The highest BCUT2D eigenvalue weighted by atomic mass is 32.2. The lowest BCUT2D eigenvalue weighted by Crippen LogP contribution is -2.31. The zero-order valence-corrected chi connectivity index (χ0v) is 12.3. The van der Waals surface area contributed by atoms with E-state index >= 15 is 0 Å². The Hall–Kier alpha value is -0.920. The Kier molecular flexibility index (Phi) is 4.59. The van der Waals surface area contributed by atoms with E-state index in [9.17, 15) is 8.42 Å². The van der Waals surface area contributed by atoms with Gasteiger partial charge in [-0.05, 0) is 52.1 Å². The second-order valence-corrected chi connectivity index (χ2v) is 6.85. The van der Waals surface area contributed by atoms with Gasteiger partial charge in [0.05, 0.1) is 11.4 Å². The van der Waals surface area contributed by atoms with Crippen LogP contribution in [0.4, 0.5) is 0 Å². The van der Waals surface area contributed by atoms with Crippen LogP contribution >= 0.6 is 0 Å². The van der Waals surface area contributed by atoms with Crippen LogP contribution in [0.25, 0.3) is 0 Å². The van der Waals surface area contributed by atoms with Crippen molar-refractivity contribution in [1.29, 1.82) is 0 Å². The number of piperidine rings is 1. The molecule has 1 fully saturated rings. The third kappa shape index (κ3) is 3.55. The summed E-state index contributed by atoms with van der Waals surface area (Å²) < 4.78 is 27.1. The molecule has 0 aromatic carbocycles. The highest BCUT2D eigenvalue weighted by molar-refractivity contribution is 7.89. The number of H-pyrrole nitrogens is 1. The van der Waals surface area contributed by atoms with E-state index in [0.29, 0.717) is 23.9 Å². The zero-order chi connectivity index (χ0) is 13.9. The van der Waals surface area contributed by atoms with E-state index < -0.39 is 10.0 Å². The van der Waals surface area contributed by atoms with Crippen LogP contribution in [0.15, 0.2) is 4.90 Å². The second kappa shape index (κ2) is 6.02. The molecule has 0 spiro atoms. The van der Waals surface area contributed by atoms with Crippen molar-refractivity contribution in [2.45, 2.75) is 38.0 Å². The van der Waals surface area contributed by atoms with E-state index in [-0.39, 0.29) is 4.90 Å². The normalized spacial score (nSPS) is 17.8. The Bertz CT molecular complexity index is 498. The summed E-state index contributed by atoms with van der Waals surface area (Å²) in [6.45, 7) is 6.00. The van der Waals surface area contributed by atoms with Crippen LogP contribution in [0, 0.1) is 19.8 Å². The summed E-state index contributed by atoms with van der Waals surface area (Å²) in [6.07, 6.45) is 3.16. The second-order valence-electron chi connectivity index (χ2n) is 5.14. The average Bonchev–Trinajstić information content (AvgIpc) is 2.70. The average molecular weight is 286 g/mol. The molecule has 0 atom stereocenters. The van der Waals surface area contributed by atoms with Gasteiger partial charge in [0.1, 0.15) is 4.90 Å². The standard InChI is InChI=1S/C12H22N4O2S/c1-9-12(10(2)16-15-9)19(17,18)14-8-5-11-3-6-13-7-4-11/h11,13-14H,3-8H2,1-2H3,(H,15,16). The van der Waals surface area contributed by atoms with Crippen molar-refractivity contribution >= 4 is 10.0 Å². The van der Waals surface area contributed by atoms with Gasteiger partial charge in [-0.25, -0.2) is 13.1 Å². The van der Waals surface area contributed by atoms with Crippen LogP contribution in [0.2, 0.25) is 0 Å². The summed E-state index contributed by atoms with van der Waals surface area (Å²) in [5, 5.41) is 9.94. The number of aryl methyl sites for hydroxylation is 2. The highest BCUT2D eigenvalue weighted by Crippen LogP contribution is 2.18. The van der Waals surface area contributed by atoms with Gasteiger partial charge >= 0.3 is 0 Å². The van der Waals surface area contributed by atoms with E-state index in [4.69, 9.17) is 0 Å². The first kappa shape index (κ1) is 14.5. The topological polar surface area (TPSA) is 86.9 Å². The summed E-state index contributed by atoms with van der Waals surface area (Å²) in [5.74, 6) is 0.621. The molecule has 7 heteroatoms. The molecule has 1 saturated heterocycles. The summed E-state index contributed by atoms with van der Waals surface area (Å²) in [5.41, 5.74) is 1.11. The molecule has 0 bridgehead atoms. The molecule has 1 aromatic heterocycles. The smallest absolute Gasteiger partial charge is 0.244 e. The molecule has 0 radical (unpaired) electrons. The van der Waals surface area contributed by atoms with Gasteiger partial charge in [0.15, 0.2) is 0 Å². The van der Waals surface area contributed by atoms with Crippen LogP contribution in [0.5, 0.6) is 0 Å². The predicted octanol–water partition coefficient (Wildman–Crippen LogP) is 0.695. The molecule has 3 N–H and O–H groups in total. The number of hydrogen-bond donors (Lipinski definition) is 3. The third-order valence-electron chi connectivity index (χ3n) is 3.63. The van der Waals surface area contributed by atoms with Gasteiger partial charge in [0.25, 0.3) is 0 Å². The van der Waals surface area contributed by atoms with Crippen LogP contribution in [-0.2, 0) is 10.0 Å². The molecule has 2 rings (SSSR count). The number of aromatic amines is 1. The van der Waals surface area contributed by atoms with Crippen LogP contribution in [-0.4, -0.2) is 38.2 Å². The molecule has 1 aromatic rings. The lowest BCUT2D eigenvalue weighted by molar-refractivity contribution is 0.354. The predicted molar refractivity (Wildman–Crippen MR) is 73.5 cm³/mol. The van der Waals surface area contributed by atoms with Crippen LogP contribution in [0.3, 0.4) is 0 Å². The van der Waals surface area contributed by atoms with Gasteiger partial charge in [-0.1, -0.05) is 0 Å². The minimum absolute atomic E-state index is 0.290. The third-order valence-corrected chi connectivity index (χ3v) is 5.36. The quantitative estimate of drug-likeness (QED) is 0.743. The lowest BCUT2D eigenvalue weighted by Gasteiger charge is -2.22. The number of nitrogens with one attached hydrogen (secondary N) is 3. The van der Waals surface area contributed by atoms with Gasteiger partial charge in [0.2, 0.25) is 10.0 Å². The zero-order valence-electron chi connectivity index (χ0n) is 11.5. The first-order chi connectivity index (χ1) is 9.00. The molecule has 1 aliphatic rings. The Morgan fingerprint density at radius 1 is 1.32 bits per heavy atom. The minimum Gasteiger partial charge on any atom is -0.317 e. The van der Waals surface area contributed by atoms with E-state index in [1.54, 1.807) is 13.8 Å². The Morgan fingerprint density at radius 3 is 2.58 bits per heavy atom. The van der Waals surface area contributed by atoms with Crippen molar-refractivity contribution in [3.05, 3.63) is 11.4 Å². The summed E-state index contributed by atoms with van der Waals surface area (Å²) in [6, 6.07) is 0. The SMILES string of the molecule is Cc1n[nH]c(C)c1S(=O)(=O)NCCC1CCNCC1. The Morgan fingerprint density at radius 2 is 2.00 bits per heavy atom. The number of nitrogens with zero attached hydrogens (tertiary/aromatic N) is 1. The fraction of sp³-hybridized carbons (Fsp3) is 0.750. The van der Waals surface area contributed by atoms with Gasteiger partial charge in [-0.2, -0.15) is 5.10 Å². The van der Waals surface area contributed by atoms with Crippen molar-refractivity contribution in [3.8, 4) is 0 Å². The summed E-state index contributed by atoms with van der Waals surface area (Å²) in [4.78, 5) is 0.290. The van der Waals surface area contributed by atoms with Crippen molar-refractivity contribution in [3.63, 3.8) is 0 Å². The molecule has 0 unspecified atom stereocenters. The monoisotopic (exact) mass is 286 g/mol. The first-order valence-corrected chi connectivity index (χ1v) is 8.21. The highest BCUT2D eigenvalue weighted by Gasteiger charge is 2.22. The maximum atomic E-state index is 12.2. The Balaban J connectivity index is 1.91. The van der Waals surface area contributed by atoms with E-state index in [2.05, 4.69) is 20.2 Å². The van der Waals surface area contributed by atoms with Gasteiger partial charge in [-0.3, -0.25) is 5.10 Å². The lowest BCUT2D eigenvalue weighted by atomic mass is 9.95. The molecule has 0 saturated carbocycles. The van der Waals surface area contributed by atoms with Crippen molar-refractivity contribution in [2.24, 2.45) is 5.92 Å². The van der Waals surface area contributed by atoms with Crippen molar-refractivity contribution < 1.29 is 8.42 Å². The minimum atomic E-state index is -3.44. The van der Waals surface area contributed by atoms with Crippen LogP contribution in [0.1, 0.15) is 30.7 Å². The van der Waals surface area contributed by atoms with E-state index in [1.165, 1.54) is 0 Å². The van der Waals surface area contributed by atoms with E-state index in [1.807, 2.05) is 0 Å². The largest absolute Gasteiger partial charge is 0.317 e. The maximum absolute atomic E-state index is 12.2. The molecule has 108 valence electrons. The molecule has 0 amide bonds. The molecule has 0 aliphatic carbocycles. The van der Waals surface area contributed by atoms with Gasteiger partial charge in [0, 0.05) is 6.54 Å². The van der Waals surface area contributed by atoms with Crippen LogP contribution < -0.4 is 10.0 Å². The van der Waals surface area contributed by atoms with Crippen molar-refractivity contribution in [2.75, 3.05) is 19.6 Å². The first-order valence-electron chi connectivity index (χ1n) is 6.72. The molecular formula is C12H22N4O2S. The number of rotatable bonds is 5. The maximum Gasteiger partial charge on any atom is 0.244 e. The number of sulfonamides is 1. The fourth-order valence-corrected chi connectivity index (χ4v) is 3.99. The molecule has 2 heterocycles. The molecular weight excluding hydrogens is 264 g/mol. The summed E-state index contributed by atoms with van der Waals surface area (Å²) >= 11 is 0. The van der Waals surface area contributed by atoms with Gasteiger partial charge in [-0.15, -0.1) is 0 Å². The Labute approximate surface area is 114 Å². The fourth-order valence-electron chi connectivity index (χ4n) is 2.58. The molecule has 1 aliphatic heterocycles. The summed E-state index contributed by atoms with van der Waals surface area (Å²) in [7, 11) is -3.44. The molecule has 19 heavy (non-hydrogen) atoms.